The molecule has 0 fully saturated rings. The van der Waals surface area contributed by atoms with Gasteiger partial charge in [-0.05, 0) is 47.9 Å². The third-order valence-electron chi connectivity index (χ3n) is 3.18. The molecule has 0 aromatic carbocycles. The van der Waals surface area contributed by atoms with Gasteiger partial charge in [-0.2, -0.15) is 5.10 Å². The summed E-state index contributed by atoms with van der Waals surface area (Å²) in [5.41, 5.74) is 2.07. The van der Waals surface area contributed by atoms with E-state index in [0.717, 1.165) is 59.0 Å². The lowest BCUT2D eigenvalue weighted by Gasteiger charge is -2.12. The van der Waals surface area contributed by atoms with Crippen molar-refractivity contribution in [2.75, 3.05) is 11.9 Å². The summed E-state index contributed by atoms with van der Waals surface area (Å²) in [6, 6.07) is 1.99. The molecule has 0 saturated carbocycles. The molecule has 114 valence electrons. The van der Waals surface area contributed by atoms with E-state index in [2.05, 4.69) is 53.8 Å². The number of hydrogen-bond acceptors (Lipinski definition) is 4. The van der Waals surface area contributed by atoms with Gasteiger partial charge in [0.2, 0.25) is 0 Å². The minimum Gasteiger partial charge on any atom is -0.369 e. The fourth-order valence-electron chi connectivity index (χ4n) is 2.12. The number of aryl methyl sites for hydroxylation is 2. The topological polar surface area (TPSA) is 55.6 Å². The Morgan fingerprint density at radius 3 is 2.67 bits per heavy atom. The van der Waals surface area contributed by atoms with Gasteiger partial charge in [-0.3, -0.25) is 4.68 Å². The summed E-state index contributed by atoms with van der Waals surface area (Å²) in [5.74, 6) is 1.69. The second-order valence-corrected chi connectivity index (χ2v) is 5.96. The third-order valence-corrected chi connectivity index (χ3v) is 4.31. The number of anilines is 1. The lowest BCUT2D eigenvalue weighted by Crippen LogP contribution is -2.10. The van der Waals surface area contributed by atoms with Gasteiger partial charge in [-0.1, -0.05) is 20.8 Å². The van der Waals surface area contributed by atoms with Crippen LogP contribution in [-0.4, -0.2) is 26.3 Å². The summed E-state index contributed by atoms with van der Waals surface area (Å²) in [6.07, 6.45) is 4.83. The monoisotopic (exact) mass is 399 g/mol. The van der Waals surface area contributed by atoms with Crippen molar-refractivity contribution in [2.24, 2.45) is 0 Å². The molecule has 0 aliphatic heterocycles. The van der Waals surface area contributed by atoms with Crippen molar-refractivity contribution in [1.82, 2.24) is 19.7 Å². The zero-order chi connectivity index (χ0) is 15.2. The Labute approximate surface area is 139 Å². The SMILES string of the molecule is CCCNc1nc(-c2ccnn2CCC)nc(CC)c1I. The fraction of sp³-hybridized carbons (Fsp3) is 0.533. The van der Waals surface area contributed by atoms with Crippen LogP contribution in [0.4, 0.5) is 5.82 Å². The van der Waals surface area contributed by atoms with E-state index in [1.54, 1.807) is 0 Å². The highest BCUT2D eigenvalue weighted by atomic mass is 127. The van der Waals surface area contributed by atoms with Crippen molar-refractivity contribution in [2.45, 2.75) is 46.6 Å². The van der Waals surface area contributed by atoms with Crippen molar-refractivity contribution < 1.29 is 0 Å². The molecule has 0 amide bonds. The van der Waals surface area contributed by atoms with Gasteiger partial charge in [-0.15, -0.1) is 0 Å². The van der Waals surface area contributed by atoms with Crippen LogP contribution in [0.15, 0.2) is 12.3 Å². The van der Waals surface area contributed by atoms with Gasteiger partial charge in [0.05, 0.1) is 9.26 Å². The molecule has 0 bridgehead atoms. The minimum atomic E-state index is 0.761. The smallest absolute Gasteiger partial charge is 0.180 e. The first-order chi connectivity index (χ1) is 10.2. The predicted octanol–water partition coefficient (Wildman–Crippen LogP) is 3.74. The quantitative estimate of drug-likeness (QED) is 0.721. The molecular formula is C15H22IN5. The molecule has 0 spiro atoms. The van der Waals surface area contributed by atoms with E-state index in [1.807, 2.05) is 16.9 Å². The zero-order valence-corrected chi connectivity index (χ0v) is 15.0. The number of aromatic nitrogens is 4. The van der Waals surface area contributed by atoms with Crippen LogP contribution < -0.4 is 5.32 Å². The van der Waals surface area contributed by atoms with Crippen LogP contribution in [0.2, 0.25) is 0 Å². The summed E-state index contributed by atoms with van der Waals surface area (Å²) < 4.78 is 3.10. The van der Waals surface area contributed by atoms with E-state index in [9.17, 15) is 0 Å². The molecule has 2 aromatic rings. The molecule has 5 nitrogen and oxygen atoms in total. The number of nitrogens with zero attached hydrogens (tertiary/aromatic N) is 4. The molecule has 6 heteroatoms. The molecule has 0 atom stereocenters. The summed E-state index contributed by atoms with van der Waals surface area (Å²) in [5, 5.41) is 7.77. The molecule has 0 aliphatic rings. The molecule has 2 rings (SSSR count). The predicted molar refractivity (Wildman–Crippen MR) is 94.4 cm³/mol. The number of nitrogens with one attached hydrogen (secondary N) is 1. The molecule has 2 aromatic heterocycles. The Hall–Kier alpha value is -1.18. The van der Waals surface area contributed by atoms with Crippen LogP contribution >= 0.6 is 22.6 Å². The molecular weight excluding hydrogens is 377 g/mol. The summed E-state index contributed by atoms with van der Waals surface area (Å²) in [4.78, 5) is 9.44. The Morgan fingerprint density at radius 2 is 2.00 bits per heavy atom. The maximum absolute atomic E-state index is 4.73. The highest BCUT2D eigenvalue weighted by molar-refractivity contribution is 14.1. The minimum absolute atomic E-state index is 0.761. The normalized spacial score (nSPS) is 10.9. The summed E-state index contributed by atoms with van der Waals surface area (Å²) >= 11 is 2.33. The van der Waals surface area contributed by atoms with Gasteiger partial charge >= 0.3 is 0 Å². The molecule has 1 N–H and O–H groups in total. The highest BCUT2D eigenvalue weighted by Gasteiger charge is 2.14. The van der Waals surface area contributed by atoms with Crippen LogP contribution in [0.25, 0.3) is 11.5 Å². The van der Waals surface area contributed by atoms with Crippen LogP contribution in [0.5, 0.6) is 0 Å². The fourth-order valence-corrected chi connectivity index (χ4v) is 2.93. The van der Waals surface area contributed by atoms with Crippen molar-refractivity contribution >= 4 is 28.4 Å². The van der Waals surface area contributed by atoms with E-state index in [0.29, 0.717) is 0 Å². The number of rotatable bonds is 7. The van der Waals surface area contributed by atoms with Crippen LogP contribution in [0, 0.1) is 3.57 Å². The van der Waals surface area contributed by atoms with Gasteiger partial charge < -0.3 is 5.32 Å². The number of halogens is 1. The van der Waals surface area contributed by atoms with Gasteiger partial charge in [0.1, 0.15) is 11.5 Å². The maximum atomic E-state index is 4.73. The summed E-state index contributed by atoms with van der Waals surface area (Å²) in [6.45, 7) is 8.23. The van der Waals surface area contributed by atoms with E-state index < -0.39 is 0 Å². The van der Waals surface area contributed by atoms with Crippen LogP contribution in [0.3, 0.4) is 0 Å². The van der Waals surface area contributed by atoms with Gasteiger partial charge in [0.25, 0.3) is 0 Å². The van der Waals surface area contributed by atoms with E-state index >= 15 is 0 Å². The van der Waals surface area contributed by atoms with Crippen molar-refractivity contribution in [3.05, 3.63) is 21.5 Å². The zero-order valence-electron chi connectivity index (χ0n) is 12.9. The Balaban J connectivity index is 2.45. The van der Waals surface area contributed by atoms with Gasteiger partial charge in [0.15, 0.2) is 5.82 Å². The lowest BCUT2D eigenvalue weighted by molar-refractivity contribution is 0.606. The first-order valence-electron chi connectivity index (χ1n) is 7.53. The van der Waals surface area contributed by atoms with Crippen LogP contribution in [-0.2, 0) is 13.0 Å². The van der Waals surface area contributed by atoms with E-state index in [4.69, 9.17) is 9.97 Å². The Morgan fingerprint density at radius 1 is 1.19 bits per heavy atom. The Kier molecular flexibility index (Phi) is 5.96. The first kappa shape index (κ1) is 16.2. The third kappa shape index (κ3) is 3.72. The van der Waals surface area contributed by atoms with Crippen molar-refractivity contribution in [3.8, 4) is 11.5 Å². The maximum Gasteiger partial charge on any atom is 0.180 e. The van der Waals surface area contributed by atoms with E-state index in [1.165, 1.54) is 0 Å². The highest BCUT2D eigenvalue weighted by Crippen LogP contribution is 2.24. The molecule has 0 aliphatic carbocycles. The molecule has 21 heavy (non-hydrogen) atoms. The van der Waals surface area contributed by atoms with Gasteiger partial charge in [0, 0.05) is 19.3 Å². The second kappa shape index (κ2) is 7.72. The van der Waals surface area contributed by atoms with Crippen molar-refractivity contribution in [3.63, 3.8) is 0 Å². The number of hydrogen-bond donors (Lipinski definition) is 1. The average Bonchev–Trinajstić information content (AvgIpc) is 2.95. The van der Waals surface area contributed by atoms with E-state index in [-0.39, 0.29) is 0 Å². The standard InChI is InChI=1S/C15H22IN5/c1-4-8-17-15-13(16)11(6-3)19-14(20-15)12-7-9-18-21(12)10-5-2/h7,9H,4-6,8,10H2,1-3H3,(H,17,19,20). The molecule has 0 unspecified atom stereocenters. The molecule has 2 heterocycles. The van der Waals surface area contributed by atoms with Gasteiger partial charge in [-0.25, -0.2) is 9.97 Å². The summed E-state index contributed by atoms with van der Waals surface area (Å²) in [7, 11) is 0. The van der Waals surface area contributed by atoms with Crippen molar-refractivity contribution in [1.29, 1.82) is 0 Å². The average molecular weight is 399 g/mol. The second-order valence-electron chi connectivity index (χ2n) is 4.88. The molecule has 0 saturated heterocycles. The first-order valence-corrected chi connectivity index (χ1v) is 8.61. The Bertz CT molecular complexity index is 594. The largest absolute Gasteiger partial charge is 0.369 e. The van der Waals surface area contributed by atoms with Crippen LogP contribution in [0.1, 0.15) is 39.3 Å². The lowest BCUT2D eigenvalue weighted by atomic mass is 10.3. The molecule has 0 radical (unpaired) electrons.